The van der Waals surface area contributed by atoms with E-state index in [0.29, 0.717) is 6.04 Å². The lowest BCUT2D eigenvalue weighted by Crippen LogP contribution is -2.32. The molecule has 0 bridgehead atoms. The van der Waals surface area contributed by atoms with Crippen LogP contribution < -0.4 is 5.32 Å². The van der Waals surface area contributed by atoms with E-state index in [0.717, 1.165) is 18.0 Å². The van der Waals surface area contributed by atoms with Crippen molar-refractivity contribution in [3.63, 3.8) is 0 Å². The van der Waals surface area contributed by atoms with Crippen LogP contribution in [0.2, 0.25) is 0 Å². The van der Waals surface area contributed by atoms with Crippen LogP contribution in [0, 0.1) is 11.7 Å². The Bertz CT molecular complexity index is 356. The summed E-state index contributed by atoms with van der Waals surface area (Å²) >= 11 is 0. The molecule has 1 aliphatic rings. The molecule has 0 aliphatic heterocycles. The summed E-state index contributed by atoms with van der Waals surface area (Å²) in [5.41, 5.74) is 1.05. The van der Waals surface area contributed by atoms with Gasteiger partial charge in [-0.15, -0.1) is 0 Å². The summed E-state index contributed by atoms with van der Waals surface area (Å²) in [6.07, 6.45) is 7.96. The molecule has 0 aromatic heterocycles. The van der Waals surface area contributed by atoms with Crippen LogP contribution in [-0.2, 0) is 6.54 Å². The van der Waals surface area contributed by atoms with E-state index in [9.17, 15) is 4.39 Å². The minimum Gasteiger partial charge on any atom is -0.310 e. The number of nitrogens with one attached hydrogen (secondary N) is 1. The Labute approximate surface area is 110 Å². The van der Waals surface area contributed by atoms with Gasteiger partial charge in [0.1, 0.15) is 5.82 Å². The van der Waals surface area contributed by atoms with Gasteiger partial charge in [-0.3, -0.25) is 0 Å². The highest BCUT2D eigenvalue weighted by molar-refractivity contribution is 5.16. The van der Waals surface area contributed by atoms with Crippen LogP contribution in [0.25, 0.3) is 0 Å². The van der Waals surface area contributed by atoms with Crippen molar-refractivity contribution in [3.8, 4) is 0 Å². The van der Waals surface area contributed by atoms with Gasteiger partial charge in [0.05, 0.1) is 0 Å². The summed E-state index contributed by atoms with van der Waals surface area (Å²) in [4.78, 5) is 0. The van der Waals surface area contributed by atoms with Crippen molar-refractivity contribution in [2.24, 2.45) is 5.92 Å². The summed E-state index contributed by atoms with van der Waals surface area (Å²) in [6.45, 7) is 3.06. The highest BCUT2D eigenvalue weighted by atomic mass is 19.1. The van der Waals surface area contributed by atoms with Gasteiger partial charge in [0.2, 0.25) is 0 Å². The average Bonchev–Trinajstić information content (AvgIpc) is 2.38. The van der Waals surface area contributed by atoms with E-state index in [4.69, 9.17) is 0 Å². The third kappa shape index (κ3) is 4.09. The Hall–Kier alpha value is -0.890. The van der Waals surface area contributed by atoms with Gasteiger partial charge in [-0.2, -0.15) is 0 Å². The second kappa shape index (κ2) is 6.89. The molecule has 0 spiro atoms. The SMILES string of the molecule is CCCC1CCC(NCc2cccc(F)c2)CC1. The molecule has 18 heavy (non-hydrogen) atoms. The molecular weight excluding hydrogens is 225 g/mol. The van der Waals surface area contributed by atoms with Crippen molar-refractivity contribution >= 4 is 0 Å². The van der Waals surface area contributed by atoms with Crippen molar-refractivity contribution in [3.05, 3.63) is 35.6 Å². The molecule has 1 fully saturated rings. The maximum atomic E-state index is 13.0. The van der Waals surface area contributed by atoms with Gasteiger partial charge in [-0.1, -0.05) is 31.9 Å². The van der Waals surface area contributed by atoms with Crippen LogP contribution in [0.1, 0.15) is 51.0 Å². The molecule has 1 aliphatic carbocycles. The maximum Gasteiger partial charge on any atom is 0.123 e. The molecule has 0 heterocycles. The van der Waals surface area contributed by atoms with Gasteiger partial charge in [-0.05, 0) is 49.3 Å². The summed E-state index contributed by atoms with van der Waals surface area (Å²) < 4.78 is 13.0. The van der Waals surface area contributed by atoms with Crippen molar-refractivity contribution in [1.29, 1.82) is 0 Å². The largest absolute Gasteiger partial charge is 0.310 e. The van der Waals surface area contributed by atoms with Crippen LogP contribution in [0.15, 0.2) is 24.3 Å². The zero-order chi connectivity index (χ0) is 12.8. The first kappa shape index (κ1) is 13.5. The normalized spacial score (nSPS) is 24.1. The van der Waals surface area contributed by atoms with Gasteiger partial charge in [0.25, 0.3) is 0 Å². The molecule has 0 radical (unpaired) electrons. The first-order valence-corrected chi connectivity index (χ1v) is 7.25. The predicted molar refractivity (Wildman–Crippen MR) is 73.9 cm³/mol. The van der Waals surface area contributed by atoms with Crippen LogP contribution in [0.3, 0.4) is 0 Å². The first-order chi connectivity index (χ1) is 8.78. The second-order valence-corrected chi connectivity index (χ2v) is 5.52. The number of rotatable bonds is 5. The van der Waals surface area contributed by atoms with Crippen molar-refractivity contribution < 1.29 is 4.39 Å². The topological polar surface area (TPSA) is 12.0 Å². The van der Waals surface area contributed by atoms with Crippen LogP contribution in [0.5, 0.6) is 0 Å². The van der Waals surface area contributed by atoms with Crippen molar-refractivity contribution in [2.45, 2.75) is 58.0 Å². The Morgan fingerprint density at radius 1 is 1.22 bits per heavy atom. The van der Waals surface area contributed by atoms with Gasteiger partial charge in [0, 0.05) is 12.6 Å². The Morgan fingerprint density at radius 3 is 2.67 bits per heavy atom. The molecule has 1 aromatic rings. The third-order valence-corrected chi connectivity index (χ3v) is 4.03. The van der Waals surface area contributed by atoms with E-state index in [-0.39, 0.29) is 5.82 Å². The Morgan fingerprint density at radius 2 is 2.00 bits per heavy atom. The fourth-order valence-corrected chi connectivity index (χ4v) is 2.97. The smallest absolute Gasteiger partial charge is 0.123 e. The molecule has 0 saturated heterocycles. The fourth-order valence-electron chi connectivity index (χ4n) is 2.97. The molecule has 1 nitrogen and oxygen atoms in total. The minimum atomic E-state index is -0.138. The molecular formula is C16H24FN. The van der Waals surface area contributed by atoms with Crippen LogP contribution in [-0.4, -0.2) is 6.04 Å². The quantitative estimate of drug-likeness (QED) is 0.821. The molecule has 100 valence electrons. The fraction of sp³-hybridized carbons (Fsp3) is 0.625. The van der Waals surface area contributed by atoms with E-state index >= 15 is 0 Å². The Balaban J connectivity index is 1.72. The van der Waals surface area contributed by atoms with E-state index in [1.165, 1.54) is 44.6 Å². The van der Waals surface area contributed by atoms with Crippen molar-refractivity contribution in [1.82, 2.24) is 5.32 Å². The maximum absolute atomic E-state index is 13.0. The number of hydrogen-bond acceptors (Lipinski definition) is 1. The van der Waals surface area contributed by atoms with Crippen LogP contribution >= 0.6 is 0 Å². The van der Waals surface area contributed by atoms with Crippen LogP contribution in [0.4, 0.5) is 4.39 Å². The third-order valence-electron chi connectivity index (χ3n) is 4.03. The van der Waals surface area contributed by atoms with Gasteiger partial charge in [0.15, 0.2) is 0 Å². The lowest BCUT2D eigenvalue weighted by molar-refractivity contribution is 0.277. The Kier molecular flexibility index (Phi) is 5.18. The highest BCUT2D eigenvalue weighted by Crippen LogP contribution is 2.27. The number of benzene rings is 1. The summed E-state index contributed by atoms with van der Waals surface area (Å²) in [5.74, 6) is 0.808. The monoisotopic (exact) mass is 249 g/mol. The summed E-state index contributed by atoms with van der Waals surface area (Å²) in [6, 6.07) is 7.51. The molecule has 1 aromatic carbocycles. The molecule has 0 amide bonds. The second-order valence-electron chi connectivity index (χ2n) is 5.52. The summed E-state index contributed by atoms with van der Waals surface area (Å²) in [5, 5.41) is 3.56. The lowest BCUT2D eigenvalue weighted by Gasteiger charge is -2.29. The number of hydrogen-bond donors (Lipinski definition) is 1. The predicted octanol–water partition coefficient (Wildman–Crippen LogP) is 4.27. The van der Waals surface area contributed by atoms with Gasteiger partial charge >= 0.3 is 0 Å². The molecule has 1 N–H and O–H groups in total. The van der Waals surface area contributed by atoms with E-state index in [2.05, 4.69) is 12.2 Å². The molecule has 0 unspecified atom stereocenters. The van der Waals surface area contributed by atoms with E-state index in [1.54, 1.807) is 12.1 Å². The standard InChI is InChI=1S/C16H24FN/c1-2-4-13-7-9-16(10-8-13)18-12-14-5-3-6-15(17)11-14/h3,5-6,11,13,16,18H,2,4,7-10,12H2,1H3. The lowest BCUT2D eigenvalue weighted by atomic mass is 9.83. The molecule has 0 atom stereocenters. The number of halogens is 1. The van der Waals surface area contributed by atoms with Gasteiger partial charge < -0.3 is 5.32 Å². The zero-order valence-electron chi connectivity index (χ0n) is 11.3. The highest BCUT2D eigenvalue weighted by Gasteiger charge is 2.19. The van der Waals surface area contributed by atoms with Gasteiger partial charge in [-0.25, -0.2) is 4.39 Å². The van der Waals surface area contributed by atoms with Crippen molar-refractivity contribution in [2.75, 3.05) is 0 Å². The minimum absolute atomic E-state index is 0.138. The van der Waals surface area contributed by atoms with E-state index < -0.39 is 0 Å². The molecule has 1 saturated carbocycles. The first-order valence-electron chi connectivity index (χ1n) is 7.25. The average molecular weight is 249 g/mol. The molecule has 2 heteroatoms. The zero-order valence-corrected chi connectivity index (χ0v) is 11.3. The molecule has 2 rings (SSSR count). The van der Waals surface area contributed by atoms with E-state index in [1.807, 2.05) is 6.07 Å². The summed E-state index contributed by atoms with van der Waals surface area (Å²) in [7, 11) is 0.